The monoisotopic (exact) mass is 1740 g/mol. The van der Waals surface area contributed by atoms with E-state index in [1.165, 1.54) is 90.2 Å². The number of anilines is 18. The minimum Gasteiger partial charge on any atom is -0.310 e. The van der Waals surface area contributed by atoms with Gasteiger partial charge in [-0.25, -0.2) is 17.6 Å². The van der Waals surface area contributed by atoms with Gasteiger partial charge in [0.05, 0.1) is 45.5 Å². The van der Waals surface area contributed by atoms with Crippen LogP contribution in [0, 0.1) is 51.0 Å². The molecule has 0 saturated carbocycles. The summed E-state index contributed by atoms with van der Waals surface area (Å²) in [7, 11) is 0. The van der Waals surface area contributed by atoms with Crippen LogP contribution in [-0.2, 0) is 0 Å². The minimum atomic E-state index is -0.298. The van der Waals surface area contributed by atoms with Crippen LogP contribution in [0.2, 0.25) is 0 Å². The Kier molecular flexibility index (Phi) is 21.6. The van der Waals surface area contributed by atoms with Crippen molar-refractivity contribution >= 4 is 199 Å². The van der Waals surface area contributed by atoms with Crippen molar-refractivity contribution in [2.45, 2.75) is 27.7 Å². The molecule has 134 heavy (non-hydrogen) atoms. The number of nitrogens with zero attached hydrogens (tertiary/aromatic N) is 6. The minimum absolute atomic E-state index is 0.288. The van der Waals surface area contributed by atoms with Crippen molar-refractivity contribution in [1.82, 2.24) is 0 Å². The first kappa shape index (κ1) is 82.6. The van der Waals surface area contributed by atoms with E-state index in [-0.39, 0.29) is 23.3 Å². The Morgan fingerprint density at radius 2 is 0.328 bits per heavy atom. The van der Waals surface area contributed by atoms with Crippen LogP contribution in [0.15, 0.2) is 461 Å². The fourth-order valence-electron chi connectivity index (χ4n) is 19.6. The first-order valence-corrected chi connectivity index (χ1v) is 45.2. The van der Waals surface area contributed by atoms with Crippen LogP contribution >= 0.6 is 0 Å². The van der Waals surface area contributed by atoms with E-state index in [1.807, 2.05) is 168 Å². The molecule has 0 N–H and O–H groups in total. The first-order chi connectivity index (χ1) is 65.8. The zero-order valence-corrected chi connectivity index (χ0v) is 74.1. The number of aryl methyl sites for hydroxylation is 4. The Morgan fingerprint density at radius 1 is 0.142 bits per heavy atom. The normalized spacial score (nSPS) is 11.4. The third-order valence-corrected chi connectivity index (χ3v) is 25.8. The number of benzene rings is 24. The van der Waals surface area contributed by atoms with Gasteiger partial charge < -0.3 is 29.4 Å². The SMILES string of the molecule is Cc1ccc(N(c2ccc(C)cc2)c2ccc3ccc4c(N(c5ccc(C)cc5)c5ccc(C)cc5)ccc5ccc2c3c54)cc1.Fc1cccc(N(c2ccccc2)c2ccc3ccc4c(N(c5ccccc5)c5cccc(F)c5)ccc5ccc2c3c54)c1.Fc1ccccc1N(c1ccccc1)c1ccc2ccc3c(N(c4ccccc4)c4ccccc4F)ccc4ccc1c2c43. The molecule has 0 bridgehead atoms. The zero-order valence-electron chi connectivity index (χ0n) is 74.1. The molecule has 642 valence electrons. The Balaban J connectivity index is 0.000000117. The number of hydrogen-bond donors (Lipinski definition) is 0. The summed E-state index contributed by atoms with van der Waals surface area (Å²) in [6, 6.07) is 155. The average molecular weight is 1740 g/mol. The van der Waals surface area contributed by atoms with Gasteiger partial charge in [-0.15, -0.1) is 0 Å². The lowest BCUT2D eigenvalue weighted by atomic mass is 9.91. The smallest absolute Gasteiger partial charge is 0.147 e. The molecule has 6 nitrogen and oxygen atoms in total. The molecule has 24 aromatic carbocycles. The molecule has 0 aromatic heterocycles. The molecule has 0 aliphatic carbocycles. The second-order valence-electron chi connectivity index (χ2n) is 34.3. The van der Waals surface area contributed by atoms with Gasteiger partial charge >= 0.3 is 0 Å². The van der Waals surface area contributed by atoms with E-state index in [0.29, 0.717) is 11.4 Å². The Hall–Kier alpha value is -17.1. The number of halogens is 4. The number of para-hydroxylation sites is 6. The van der Waals surface area contributed by atoms with Crippen molar-refractivity contribution in [2.75, 3.05) is 29.4 Å². The van der Waals surface area contributed by atoms with Gasteiger partial charge in [0.25, 0.3) is 0 Å². The molecular weight excluding hydrogens is 1650 g/mol. The molecule has 0 atom stereocenters. The lowest BCUT2D eigenvalue weighted by Gasteiger charge is -2.29. The largest absolute Gasteiger partial charge is 0.310 e. The quantitative estimate of drug-likeness (QED) is 0.0625. The van der Waals surface area contributed by atoms with E-state index in [1.54, 1.807) is 36.4 Å². The van der Waals surface area contributed by atoms with Gasteiger partial charge in [-0.2, -0.15) is 0 Å². The van der Waals surface area contributed by atoms with Crippen molar-refractivity contribution in [3.63, 3.8) is 0 Å². The van der Waals surface area contributed by atoms with Gasteiger partial charge in [-0.05, 0) is 286 Å². The molecule has 0 unspecified atom stereocenters. The van der Waals surface area contributed by atoms with Gasteiger partial charge in [0.15, 0.2) is 0 Å². The summed E-state index contributed by atoms with van der Waals surface area (Å²) in [4.78, 5) is 13.0. The van der Waals surface area contributed by atoms with Crippen molar-refractivity contribution in [3.8, 4) is 0 Å². The maximum atomic E-state index is 15.4. The summed E-state index contributed by atoms with van der Waals surface area (Å²) >= 11 is 0. The van der Waals surface area contributed by atoms with Gasteiger partial charge in [0, 0.05) is 89.2 Å². The molecule has 0 amide bonds. The number of rotatable bonds is 18. The molecule has 0 spiro atoms. The Labute approximate surface area is 775 Å². The van der Waals surface area contributed by atoms with Gasteiger partial charge in [-0.3, -0.25) is 0 Å². The lowest BCUT2D eigenvalue weighted by molar-refractivity contribution is 0.627. The topological polar surface area (TPSA) is 19.4 Å². The second kappa shape index (κ2) is 35.1. The van der Waals surface area contributed by atoms with Gasteiger partial charge in [-0.1, -0.05) is 289 Å². The summed E-state index contributed by atoms with van der Waals surface area (Å²) in [5.74, 6) is -1.17. The molecular formula is C124H88F4N6. The summed E-state index contributed by atoms with van der Waals surface area (Å²) in [6.07, 6.45) is 0. The fourth-order valence-corrected chi connectivity index (χ4v) is 19.6. The van der Waals surface area contributed by atoms with Gasteiger partial charge in [0.2, 0.25) is 0 Å². The highest BCUT2D eigenvalue weighted by Crippen LogP contribution is 2.54. The molecule has 0 fully saturated rings. The molecule has 0 radical (unpaired) electrons. The fraction of sp³-hybridized carbons (Fsp3) is 0.0323. The predicted molar refractivity (Wildman–Crippen MR) is 557 cm³/mol. The lowest BCUT2D eigenvalue weighted by Crippen LogP contribution is -2.13. The van der Waals surface area contributed by atoms with Crippen LogP contribution < -0.4 is 29.4 Å². The maximum Gasteiger partial charge on any atom is 0.147 e. The third kappa shape index (κ3) is 15.2. The second-order valence-corrected chi connectivity index (χ2v) is 34.3. The van der Waals surface area contributed by atoms with E-state index in [4.69, 9.17) is 0 Å². The molecule has 0 aliphatic rings. The van der Waals surface area contributed by atoms with Crippen LogP contribution in [0.4, 0.5) is 120 Å². The van der Waals surface area contributed by atoms with E-state index >= 15 is 8.78 Å². The molecule has 0 saturated heterocycles. The molecule has 24 aromatic rings. The molecule has 10 heteroatoms. The van der Waals surface area contributed by atoms with Crippen molar-refractivity contribution < 1.29 is 17.6 Å². The summed E-state index contributed by atoms with van der Waals surface area (Å²) in [6.45, 7) is 8.57. The van der Waals surface area contributed by atoms with Crippen molar-refractivity contribution in [2.24, 2.45) is 0 Å². The van der Waals surface area contributed by atoms with Gasteiger partial charge in [0.1, 0.15) is 23.3 Å². The standard InChI is InChI=1S/C44H36N2.2C40H26F2N2/c1-29-5-17-35(18-6-29)45(36-19-7-30(2)8-20-36)41-27-15-33-14-26-40-42(28-16-34-13-25-39(41)43(33)44(34)40)46(37-21-9-31(3)10-22-37)38-23-11-32(4)12-24-38;41-29-9-7-15-33(25-29)43(31-11-3-1-4-12-31)37-23-19-27-18-22-36-38(24-20-28-17-21-35(37)39(27)40(28)36)44(32-13-5-2-6-14-32)34-16-8-10-30(42)26-34;41-33-15-7-9-17-37(33)43(29-11-3-1-4-12-29)35-25-21-27-20-24-32-36(26-22-28-19-23-31(35)39(27)40(28)32)44(30-13-5-2-6-14-30)38-18-10-8-16-34(38)42/h5-28H,1-4H3;2*1-26H. The Morgan fingerprint density at radius 3 is 0.560 bits per heavy atom. The third-order valence-electron chi connectivity index (χ3n) is 25.8. The summed E-state index contributed by atoms with van der Waals surface area (Å²) in [5.41, 5.74) is 21.7. The summed E-state index contributed by atoms with van der Waals surface area (Å²) < 4.78 is 60.0. The zero-order chi connectivity index (χ0) is 90.6. The van der Waals surface area contributed by atoms with E-state index in [0.717, 1.165) is 144 Å². The highest BCUT2D eigenvalue weighted by molar-refractivity contribution is 6.31. The predicted octanol–water partition coefficient (Wildman–Crippen LogP) is 36.4. The van der Waals surface area contributed by atoms with Crippen LogP contribution in [0.25, 0.3) is 97.0 Å². The number of hydrogen-bond acceptors (Lipinski definition) is 6. The maximum absolute atomic E-state index is 15.4. The van der Waals surface area contributed by atoms with E-state index in [2.05, 4.69) is 290 Å². The van der Waals surface area contributed by atoms with E-state index < -0.39 is 0 Å². The average Bonchev–Trinajstić information content (AvgIpc) is 0.725. The first-order valence-electron chi connectivity index (χ1n) is 45.2. The summed E-state index contributed by atoms with van der Waals surface area (Å²) in [5, 5.41) is 20.5. The van der Waals surface area contributed by atoms with Crippen LogP contribution in [0.5, 0.6) is 0 Å². The van der Waals surface area contributed by atoms with E-state index in [9.17, 15) is 8.78 Å². The highest BCUT2D eigenvalue weighted by Gasteiger charge is 2.29. The highest BCUT2D eigenvalue weighted by atomic mass is 19.1. The van der Waals surface area contributed by atoms with Crippen LogP contribution in [-0.4, -0.2) is 0 Å². The van der Waals surface area contributed by atoms with Crippen LogP contribution in [0.1, 0.15) is 22.3 Å². The molecule has 0 heterocycles. The van der Waals surface area contributed by atoms with Crippen molar-refractivity contribution in [3.05, 3.63) is 507 Å². The Bertz CT molecular complexity index is 7830. The van der Waals surface area contributed by atoms with Crippen molar-refractivity contribution in [1.29, 1.82) is 0 Å². The molecule has 0 aliphatic heterocycles. The molecule has 24 rings (SSSR count). The van der Waals surface area contributed by atoms with Crippen LogP contribution in [0.3, 0.4) is 0 Å².